The molecule has 12 unspecified atom stereocenters. The number of aliphatic hydroxyl groups excluding tert-OH is 8. The van der Waals surface area contributed by atoms with Gasteiger partial charge in [-0.3, -0.25) is 4.79 Å². The molecular formula is C79H147NO13. The fourth-order valence-corrected chi connectivity index (χ4v) is 13.1. The Hall–Kier alpha value is -2.05. The van der Waals surface area contributed by atoms with E-state index in [-0.39, 0.29) is 12.5 Å². The molecule has 0 aromatic rings. The molecule has 2 saturated heterocycles. The third-order valence-electron chi connectivity index (χ3n) is 19.3. The molecule has 0 spiro atoms. The van der Waals surface area contributed by atoms with Gasteiger partial charge < -0.3 is 65.1 Å². The first-order valence-corrected chi connectivity index (χ1v) is 39.4. The van der Waals surface area contributed by atoms with E-state index in [2.05, 4.69) is 67.8 Å². The molecule has 9 N–H and O–H groups in total. The molecule has 2 rings (SSSR count). The van der Waals surface area contributed by atoms with Crippen molar-refractivity contribution in [1.29, 1.82) is 0 Å². The van der Waals surface area contributed by atoms with Crippen LogP contribution in [0.15, 0.2) is 48.6 Å². The van der Waals surface area contributed by atoms with Crippen molar-refractivity contribution < 1.29 is 64.6 Å². The van der Waals surface area contributed by atoms with Crippen LogP contribution in [0.5, 0.6) is 0 Å². The Morgan fingerprint density at radius 3 is 1.14 bits per heavy atom. The lowest BCUT2D eigenvalue weighted by Crippen LogP contribution is -2.65. The number of carbonyl (C=O) groups is 1. The second-order valence-corrected chi connectivity index (χ2v) is 27.8. The second kappa shape index (κ2) is 63.4. The Labute approximate surface area is 569 Å². The molecule has 93 heavy (non-hydrogen) atoms. The predicted molar refractivity (Wildman–Crippen MR) is 383 cm³/mol. The van der Waals surface area contributed by atoms with Crippen molar-refractivity contribution in [3.05, 3.63) is 48.6 Å². The third-order valence-corrected chi connectivity index (χ3v) is 19.3. The maximum absolute atomic E-state index is 13.4. The maximum Gasteiger partial charge on any atom is 0.220 e. The number of hydrogen-bond acceptors (Lipinski definition) is 13. The van der Waals surface area contributed by atoms with E-state index >= 15 is 0 Å². The molecule has 0 aromatic heterocycles. The van der Waals surface area contributed by atoms with Gasteiger partial charge in [-0.15, -0.1) is 0 Å². The van der Waals surface area contributed by atoms with E-state index in [9.17, 15) is 45.6 Å². The van der Waals surface area contributed by atoms with Crippen molar-refractivity contribution in [3.63, 3.8) is 0 Å². The standard InChI is InChI=1S/C79H147NO13/c1-3-5-7-9-11-13-15-17-19-21-23-25-27-28-29-30-31-32-33-34-35-36-37-38-39-40-41-43-45-47-49-51-53-55-57-59-61-63-71(84)80-67(66-90-78-76(89)74(87)77(70(65-82)92-78)93-79-75(88)73(86)72(85)69(64-81)91-79)68(83)62-60-58-56-54-52-50-48-46-44-42-26-24-22-20-18-16-14-12-10-8-6-4-2/h5,7,11,13,17,19,23,25,67-70,72-79,81-83,85-89H,3-4,6,8-10,12,14-16,18,20-22,24,26-66H2,1-2H3,(H,80,84)/b7-5-,13-11-,19-17-,25-23-. The van der Waals surface area contributed by atoms with Gasteiger partial charge in [0.05, 0.1) is 32.0 Å². The number of allylic oxidation sites excluding steroid dienone is 8. The molecule has 12 atom stereocenters. The van der Waals surface area contributed by atoms with Gasteiger partial charge in [-0.05, 0) is 51.4 Å². The van der Waals surface area contributed by atoms with Gasteiger partial charge >= 0.3 is 0 Å². The van der Waals surface area contributed by atoms with Gasteiger partial charge in [-0.2, -0.15) is 0 Å². The Morgan fingerprint density at radius 2 is 0.742 bits per heavy atom. The number of nitrogens with one attached hydrogen (secondary N) is 1. The summed E-state index contributed by atoms with van der Waals surface area (Å²) in [6, 6.07) is -0.828. The molecule has 2 fully saturated rings. The summed E-state index contributed by atoms with van der Waals surface area (Å²) >= 11 is 0. The zero-order valence-corrected chi connectivity index (χ0v) is 59.8. The monoisotopic (exact) mass is 1320 g/mol. The molecule has 1 amide bonds. The van der Waals surface area contributed by atoms with Crippen LogP contribution >= 0.6 is 0 Å². The largest absolute Gasteiger partial charge is 0.394 e. The summed E-state index contributed by atoms with van der Waals surface area (Å²) in [5, 5.41) is 87.8. The number of aliphatic hydroxyl groups is 8. The summed E-state index contributed by atoms with van der Waals surface area (Å²) in [7, 11) is 0. The predicted octanol–water partition coefficient (Wildman–Crippen LogP) is 17.4. The summed E-state index contributed by atoms with van der Waals surface area (Å²) in [5.74, 6) is -0.199. The fourth-order valence-electron chi connectivity index (χ4n) is 13.1. The SMILES string of the molecule is CC/C=C\C/C=C\C/C=C\C/C=C\CCCCCCCCCCCCCCCCCCCCCCCCCCC(=O)NC(COC1OC(CO)C(OC2OC(CO)C(O)C(O)C2O)C(O)C1O)C(O)CCCCCCCCCCCCCCCCCCCCCCCC. The zero-order chi connectivity index (χ0) is 67.3. The molecular weight excluding hydrogens is 1170 g/mol. The Kier molecular flexibility index (Phi) is 59.3. The number of hydrogen-bond donors (Lipinski definition) is 9. The van der Waals surface area contributed by atoms with Gasteiger partial charge in [0.2, 0.25) is 5.91 Å². The van der Waals surface area contributed by atoms with Crippen molar-refractivity contribution in [2.75, 3.05) is 19.8 Å². The van der Waals surface area contributed by atoms with E-state index in [1.165, 1.54) is 250 Å². The molecule has 2 aliphatic heterocycles. The average molecular weight is 1320 g/mol. The smallest absolute Gasteiger partial charge is 0.220 e. The quantitative estimate of drug-likeness (QED) is 0.0204. The molecule has 2 aliphatic rings. The van der Waals surface area contributed by atoms with Gasteiger partial charge in [0.25, 0.3) is 0 Å². The van der Waals surface area contributed by atoms with Crippen LogP contribution in [0.2, 0.25) is 0 Å². The van der Waals surface area contributed by atoms with Gasteiger partial charge in [-0.1, -0.05) is 345 Å². The van der Waals surface area contributed by atoms with E-state index in [0.717, 1.165) is 77.0 Å². The molecule has 0 radical (unpaired) electrons. The highest BCUT2D eigenvalue weighted by atomic mass is 16.7. The fraction of sp³-hybridized carbons (Fsp3) is 0.886. The van der Waals surface area contributed by atoms with E-state index in [4.69, 9.17) is 18.9 Å². The molecule has 546 valence electrons. The minimum absolute atomic E-state index is 0.199. The molecule has 14 heteroatoms. The first-order valence-electron chi connectivity index (χ1n) is 39.4. The minimum Gasteiger partial charge on any atom is -0.394 e. The highest BCUT2D eigenvalue weighted by Crippen LogP contribution is 2.30. The van der Waals surface area contributed by atoms with E-state index in [1.807, 2.05) is 0 Å². The molecule has 2 heterocycles. The van der Waals surface area contributed by atoms with Crippen molar-refractivity contribution >= 4 is 5.91 Å². The molecule has 0 aliphatic carbocycles. The lowest BCUT2D eigenvalue weighted by Gasteiger charge is -2.46. The minimum atomic E-state index is -1.78. The summed E-state index contributed by atoms with van der Waals surface area (Å²) in [6.07, 6.45) is 67.2. The third kappa shape index (κ3) is 46.8. The van der Waals surface area contributed by atoms with Crippen LogP contribution in [-0.2, 0) is 23.7 Å². The Bertz CT molecular complexity index is 1750. The Balaban J connectivity index is 1.58. The summed E-state index contributed by atoms with van der Waals surface area (Å²) in [4.78, 5) is 13.4. The van der Waals surface area contributed by atoms with Crippen LogP contribution in [-0.4, -0.2) is 140 Å². The highest BCUT2D eigenvalue weighted by Gasteiger charge is 2.51. The van der Waals surface area contributed by atoms with Crippen LogP contribution in [0.25, 0.3) is 0 Å². The lowest BCUT2D eigenvalue weighted by atomic mass is 9.97. The van der Waals surface area contributed by atoms with Gasteiger partial charge in [0.15, 0.2) is 12.6 Å². The van der Waals surface area contributed by atoms with E-state index in [1.54, 1.807) is 0 Å². The molecule has 0 bridgehead atoms. The first-order chi connectivity index (χ1) is 45.6. The number of rotatable bonds is 66. The molecule has 14 nitrogen and oxygen atoms in total. The van der Waals surface area contributed by atoms with Crippen LogP contribution in [0, 0.1) is 0 Å². The van der Waals surface area contributed by atoms with Crippen LogP contribution in [0.1, 0.15) is 354 Å². The van der Waals surface area contributed by atoms with Crippen molar-refractivity contribution in [2.45, 2.75) is 428 Å². The second-order valence-electron chi connectivity index (χ2n) is 27.8. The van der Waals surface area contributed by atoms with Crippen LogP contribution in [0.4, 0.5) is 0 Å². The highest BCUT2D eigenvalue weighted by molar-refractivity contribution is 5.76. The number of ether oxygens (including phenoxy) is 4. The topological polar surface area (TPSA) is 228 Å². The van der Waals surface area contributed by atoms with Crippen molar-refractivity contribution in [2.24, 2.45) is 0 Å². The number of carbonyl (C=O) groups excluding carboxylic acids is 1. The summed E-state index contributed by atoms with van der Waals surface area (Å²) < 4.78 is 23.0. The van der Waals surface area contributed by atoms with Gasteiger partial charge in [-0.25, -0.2) is 0 Å². The van der Waals surface area contributed by atoms with Crippen molar-refractivity contribution in [3.8, 4) is 0 Å². The van der Waals surface area contributed by atoms with Crippen LogP contribution in [0.3, 0.4) is 0 Å². The van der Waals surface area contributed by atoms with Crippen molar-refractivity contribution in [1.82, 2.24) is 5.32 Å². The molecule has 0 saturated carbocycles. The lowest BCUT2D eigenvalue weighted by molar-refractivity contribution is -0.359. The van der Waals surface area contributed by atoms with Gasteiger partial charge in [0.1, 0.15) is 48.8 Å². The first kappa shape index (κ1) is 87.0. The molecule has 0 aromatic carbocycles. The Morgan fingerprint density at radius 1 is 0.398 bits per heavy atom. The summed E-state index contributed by atoms with van der Waals surface area (Å²) in [6.45, 7) is 2.81. The van der Waals surface area contributed by atoms with E-state index in [0.29, 0.717) is 12.8 Å². The van der Waals surface area contributed by atoms with Crippen LogP contribution < -0.4 is 5.32 Å². The van der Waals surface area contributed by atoms with Gasteiger partial charge in [0, 0.05) is 6.42 Å². The van der Waals surface area contributed by atoms with E-state index < -0.39 is 86.8 Å². The average Bonchev–Trinajstić information content (AvgIpc) is 0.852. The zero-order valence-electron chi connectivity index (χ0n) is 59.8. The normalized spacial score (nSPS) is 22.8. The number of unbranched alkanes of at least 4 members (excludes halogenated alkanes) is 45. The summed E-state index contributed by atoms with van der Waals surface area (Å²) in [5.41, 5.74) is 0. The number of amides is 1. The maximum atomic E-state index is 13.4.